The van der Waals surface area contributed by atoms with Crippen LogP contribution in [-0.2, 0) is 11.2 Å². The lowest BCUT2D eigenvalue weighted by molar-refractivity contribution is 0.149. The van der Waals surface area contributed by atoms with Gasteiger partial charge >= 0.3 is 0 Å². The van der Waals surface area contributed by atoms with E-state index in [1.165, 1.54) is 0 Å². The lowest BCUT2D eigenvalue weighted by atomic mass is 10.4. The van der Waals surface area contributed by atoms with Gasteiger partial charge in [0.1, 0.15) is 11.6 Å². The third kappa shape index (κ3) is 3.23. The molecular weight excluding hydrogens is 246 g/mol. The number of hydrogen-bond donors (Lipinski definition) is 1. The summed E-state index contributed by atoms with van der Waals surface area (Å²) in [5.41, 5.74) is 0. The van der Waals surface area contributed by atoms with Crippen LogP contribution in [0.15, 0.2) is 10.7 Å². The van der Waals surface area contributed by atoms with Crippen molar-refractivity contribution < 1.29 is 4.74 Å². The zero-order valence-corrected chi connectivity index (χ0v) is 9.97. The number of nitrogens with zero attached hydrogens (tertiary/aromatic N) is 2. The molecule has 1 rings (SSSR count). The van der Waals surface area contributed by atoms with Crippen molar-refractivity contribution in [2.45, 2.75) is 13.3 Å². The first-order valence-electron chi connectivity index (χ1n) is 4.54. The van der Waals surface area contributed by atoms with Crippen molar-refractivity contribution in [2.24, 2.45) is 0 Å². The van der Waals surface area contributed by atoms with Crippen molar-refractivity contribution in [1.29, 1.82) is 0 Å². The molecule has 1 N–H and O–H groups in total. The summed E-state index contributed by atoms with van der Waals surface area (Å²) in [6, 6.07) is 0. The van der Waals surface area contributed by atoms with Gasteiger partial charge in [0, 0.05) is 26.3 Å². The molecule has 0 saturated heterocycles. The van der Waals surface area contributed by atoms with E-state index in [1.54, 1.807) is 6.20 Å². The zero-order chi connectivity index (χ0) is 10.4. The zero-order valence-electron chi connectivity index (χ0n) is 8.38. The van der Waals surface area contributed by atoms with Gasteiger partial charge in [0.25, 0.3) is 0 Å². The molecule has 0 spiro atoms. The van der Waals surface area contributed by atoms with E-state index in [2.05, 4.69) is 31.2 Å². The van der Waals surface area contributed by atoms with E-state index >= 15 is 0 Å². The molecule has 0 radical (unpaired) electrons. The van der Waals surface area contributed by atoms with E-state index < -0.39 is 0 Å². The third-order valence-corrected chi connectivity index (χ3v) is 2.29. The maximum Gasteiger partial charge on any atom is 0.143 e. The SMILES string of the molecule is CCOCCc1ncc(Br)c(NC)n1. The van der Waals surface area contributed by atoms with Gasteiger partial charge in [0.15, 0.2) is 0 Å². The Morgan fingerprint density at radius 2 is 2.36 bits per heavy atom. The molecule has 0 aromatic carbocycles. The minimum atomic E-state index is 0.668. The fourth-order valence-corrected chi connectivity index (χ4v) is 1.40. The largest absolute Gasteiger partial charge is 0.381 e. The van der Waals surface area contributed by atoms with Crippen molar-refractivity contribution in [1.82, 2.24) is 9.97 Å². The molecule has 0 saturated carbocycles. The van der Waals surface area contributed by atoms with Crippen LogP contribution in [0.5, 0.6) is 0 Å². The van der Waals surface area contributed by atoms with Crippen LogP contribution >= 0.6 is 15.9 Å². The Balaban J connectivity index is 2.60. The van der Waals surface area contributed by atoms with Gasteiger partial charge in [0.2, 0.25) is 0 Å². The molecule has 0 aliphatic heterocycles. The molecule has 0 aliphatic rings. The van der Waals surface area contributed by atoms with E-state index in [-0.39, 0.29) is 0 Å². The predicted molar refractivity (Wildman–Crippen MR) is 59.5 cm³/mol. The van der Waals surface area contributed by atoms with Crippen LogP contribution in [0.3, 0.4) is 0 Å². The van der Waals surface area contributed by atoms with Crippen molar-refractivity contribution in [3.8, 4) is 0 Å². The van der Waals surface area contributed by atoms with Gasteiger partial charge in [0.05, 0.1) is 11.1 Å². The highest BCUT2D eigenvalue weighted by Crippen LogP contribution is 2.17. The molecule has 0 atom stereocenters. The normalized spacial score (nSPS) is 10.2. The number of anilines is 1. The number of ether oxygens (including phenoxy) is 1. The van der Waals surface area contributed by atoms with Gasteiger partial charge in [-0.15, -0.1) is 0 Å². The third-order valence-electron chi connectivity index (χ3n) is 1.70. The quantitative estimate of drug-likeness (QED) is 0.821. The van der Waals surface area contributed by atoms with Crippen molar-refractivity contribution in [3.05, 3.63) is 16.5 Å². The van der Waals surface area contributed by atoms with Crippen molar-refractivity contribution in [2.75, 3.05) is 25.6 Å². The Kier molecular flexibility index (Phi) is 4.82. The summed E-state index contributed by atoms with van der Waals surface area (Å²) in [5, 5.41) is 2.99. The first-order chi connectivity index (χ1) is 6.77. The summed E-state index contributed by atoms with van der Waals surface area (Å²) in [6.07, 6.45) is 2.50. The average Bonchev–Trinajstić information content (AvgIpc) is 2.21. The van der Waals surface area contributed by atoms with Gasteiger partial charge in [-0.3, -0.25) is 0 Å². The molecule has 5 heteroatoms. The number of rotatable bonds is 5. The van der Waals surface area contributed by atoms with Crippen molar-refractivity contribution in [3.63, 3.8) is 0 Å². The second kappa shape index (κ2) is 5.93. The van der Waals surface area contributed by atoms with Crippen LogP contribution in [0.1, 0.15) is 12.7 Å². The Hall–Kier alpha value is -0.680. The van der Waals surface area contributed by atoms with E-state index in [0.29, 0.717) is 6.61 Å². The van der Waals surface area contributed by atoms with E-state index in [4.69, 9.17) is 4.74 Å². The molecule has 1 aromatic rings. The highest BCUT2D eigenvalue weighted by atomic mass is 79.9. The minimum Gasteiger partial charge on any atom is -0.381 e. The van der Waals surface area contributed by atoms with Crippen LogP contribution < -0.4 is 5.32 Å². The average molecular weight is 260 g/mol. The Labute approximate surface area is 92.2 Å². The molecule has 0 fully saturated rings. The van der Waals surface area contributed by atoms with Gasteiger partial charge in [-0.2, -0.15) is 0 Å². The van der Waals surface area contributed by atoms with Gasteiger partial charge in [-0.05, 0) is 22.9 Å². The van der Waals surface area contributed by atoms with Crippen LogP contribution in [0.25, 0.3) is 0 Å². The van der Waals surface area contributed by atoms with Gasteiger partial charge in [-0.1, -0.05) is 0 Å². The molecule has 0 bridgehead atoms. The second-order valence-electron chi connectivity index (χ2n) is 2.68. The highest BCUT2D eigenvalue weighted by Gasteiger charge is 2.02. The summed E-state index contributed by atoms with van der Waals surface area (Å²) in [7, 11) is 1.83. The molecular formula is C9H14BrN3O. The monoisotopic (exact) mass is 259 g/mol. The van der Waals surface area contributed by atoms with E-state index in [0.717, 1.165) is 29.1 Å². The molecule has 0 aliphatic carbocycles. The molecule has 0 amide bonds. The lowest BCUT2D eigenvalue weighted by Crippen LogP contribution is -2.05. The van der Waals surface area contributed by atoms with Gasteiger partial charge in [-0.25, -0.2) is 9.97 Å². The highest BCUT2D eigenvalue weighted by molar-refractivity contribution is 9.10. The standard InChI is InChI=1S/C9H14BrN3O/c1-3-14-5-4-8-12-6-7(10)9(11-2)13-8/h6H,3-5H2,1-2H3,(H,11,12,13). The van der Waals surface area contributed by atoms with Crippen molar-refractivity contribution >= 4 is 21.7 Å². The first kappa shape index (κ1) is 11.4. The molecule has 4 nitrogen and oxygen atoms in total. The summed E-state index contributed by atoms with van der Waals surface area (Å²) in [5.74, 6) is 1.61. The summed E-state index contributed by atoms with van der Waals surface area (Å²) in [6.45, 7) is 3.37. The summed E-state index contributed by atoms with van der Waals surface area (Å²) in [4.78, 5) is 8.49. The minimum absolute atomic E-state index is 0.668. The Morgan fingerprint density at radius 3 is 3.00 bits per heavy atom. The fourth-order valence-electron chi connectivity index (χ4n) is 1.01. The van der Waals surface area contributed by atoms with Crippen LogP contribution in [0.2, 0.25) is 0 Å². The van der Waals surface area contributed by atoms with E-state index in [9.17, 15) is 0 Å². The Bertz CT molecular complexity index is 293. The van der Waals surface area contributed by atoms with Crippen LogP contribution in [0.4, 0.5) is 5.82 Å². The van der Waals surface area contributed by atoms with Gasteiger partial charge < -0.3 is 10.1 Å². The maximum atomic E-state index is 5.23. The first-order valence-corrected chi connectivity index (χ1v) is 5.34. The topological polar surface area (TPSA) is 47.0 Å². The van der Waals surface area contributed by atoms with Crippen LogP contribution in [0, 0.1) is 0 Å². The molecule has 14 heavy (non-hydrogen) atoms. The number of halogens is 1. The second-order valence-corrected chi connectivity index (χ2v) is 3.53. The molecule has 0 unspecified atom stereocenters. The summed E-state index contributed by atoms with van der Waals surface area (Å²) >= 11 is 3.35. The molecule has 78 valence electrons. The smallest absolute Gasteiger partial charge is 0.143 e. The van der Waals surface area contributed by atoms with E-state index in [1.807, 2.05) is 14.0 Å². The number of hydrogen-bond acceptors (Lipinski definition) is 4. The molecule has 1 heterocycles. The molecule has 1 aromatic heterocycles. The number of aromatic nitrogens is 2. The summed E-state index contributed by atoms with van der Waals surface area (Å²) < 4.78 is 6.10. The maximum absolute atomic E-state index is 5.23. The van der Waals surface area contributed by atoms with Crippen LogP contribution in [-0.4, -0.2) is 30.2 Å². The lowest BCUT2D eigenvalue weighted by Gasteiger charge is -2.05. The Morgan fingerprint density at radius 1 is 1.57 bits per heavy atom. The number of nitrogens with one attached hydrogen (secondary N) is 1. The fraction of sp³-hybridized carbons (Fsp3) is 0.556. The predicted octanol–water partition coefficient (Wildman–Crippen LogP) is 1.86.